The number of ether oxygens (including phenoxy) is 1. The van der Waals surface area contributed by atoms with Crippen LogP contribution in [-0.4, -0.2) is 24.9 Å². The van der Waals surface area contributed by atoms with Crippen LogP contribution in [0.1, 0.15) is 36.1 Å². The highest BCUT2D eigenvalue weighted by Crippen LogP contribution is 2.29. The first kappa shape index (κ1) is 20.2. The molecule has 3 aromatic rings. The van der Waals surface area contributed by atoms with Crippen molar-refractivity contribution in [1.82, 2.24) is 0 Å². The predicted molar refractivity (Wildman–Crippen MR) is 101 cm³/mol. The molecule has 2 aromatic heterocycles. The van der Waals surface area contributed by atoms with Crippen molar-refractivity contribution in [3.63, 3.8) is 0 Å². The van der Waals surface area contributed by atoms with E-state index in [0.717, 1.165) is 24.5 Å². The predicted octanol–water partition coefficient (Wildman–Crippen LogP) is 4.22. The Morgan fingerprint density at radius 3 is 2.48 bits per heavy atom. The average molecular weight is 420 g/mol. The number of aryl methyl sites for hydroxylation is 1. The number of hydrogen-bond acceptors (Lipinski definition) is 6. The highest BCUT2D eigenvalue weighted by Gasteiger charge is 2.21. The second-order valence-corrected chi connectivity index (χ2v) is 6.86. The van der Waals surface area contributed by atoms with Crippen LogP contribution in [0.3, 0.4) is 0 Å². The Balaban J connectivity index is 1.80. The summed E-state index contributed by atoms with van der Waals surface area (Å²) in [5.41, 5.74) is -0.373. The molecule has 0 saturated heterocycles. The van der Waals surface area contributed by atoms with Crippen LogP contribution in [0.15, 0.2) is 41.0 Å². The van der Waals surface area contributed by atoms with E-state index < -0.39 is 35.0 Å². The second kappa shape index (κ2) is 8.23. The molecule has 2 heterocycles. The number of thiophene rings is 1. The van der Waals surface area contributed by atoms with Gasteiger partial charge >= 0.3 is 5.97 Å². The van der Waals surface area contributed by atoms with Crippen LogP contribution in [0.4, 0.5) is 19.5 Å². The van der Waals surface area contributed by atoms with Crippen LogP contribution in [0, 0.1) is 18.6 Å². The van der Waals surface area contributed by atoms with Gasteiger partial charge in [0.15, 0.2) is 5.76 Å². The summed E-state index contributed by atoms with van der Waals surface area (Å²) < 4.78 is 37.2. The number of benzene rings is 1. The van der Waals surface area contributed by atoms with E-state index in [9.17, 15) is 23.2 Å². The van der Waals surface area contributed by atoms with E-state index in [1.807, 2.05) is 0 Å². The maximum absolute atomic E-state index is 14.0. The minimum atomic E-state index is -1.11. The van der Waals surface area contributed by atoms with Crippen LogP contribution in [0.25, 0.3) is 0 Å². The molecule has 0 aliphatic carbocycles. The fourth-order valence-corrected chi connectivity index (χ4v) is 3.40. The van der Waals surface area contributed by atoms with Gasteiger partial charge in [-0.2, -0.15) is 0 Å². The van der Waals surface area contributed by atoms with Gasteiger partial charge in [0, 0.05) is 6.07 Å². The Kier molecular flexibility index (Phi) is 5.74. The molecule has 7 nitrogen and oxygen atoms in total. The normalized spacial score (nSPS) is 10.5. The van der Waals surface area contributed by atoms with Crippen LogP contribution >= 0.6 is 11.3 Å². The lowest BCUT2D eigenvalue weighted by Gasteiger charge is -2.09. The number of anilines is 2. The van der Waals surface area contributed by atoms with Crippen molar-refractivity contribution < 1.29 is 32.3 Å². The largest absolute Gasteiger partial charge is 0.465 e. The van der Waals surface area contributed by atoms with Gasteiger partial charge in [-0.1, -0.05) is 0 Å². The van der Waals surface area contributed by atoms with Crippen molar-refractivity contribution in [2.45, 2.75) is 6.92 Å². The van der Waals surface area contributed by atoms with Gasteiger partial charge in [0.25, 0.3) is 11.8 Å². The molecule has 0 bridgehead atoms. The number of furan rings is 1. The van der Waals surface area contributed by atoms with E-state index in [4.69, 9.17) is 4.42 Å². The van der Waals surface area contributed by atoms with E-state index in [1.54, 1.807) is 19.1 Å². The fourth-order valence-electron chi connectivity index (χ4n) is 2.44. The smallest absolute Gasteiger partial charge is 0.340 e. The summed E-state index contributed by atoms with van der Waals surface area (Å²) in [6, 6.07) is 5.96. The number of carbonyl (C=O) groups excluding carboxylic acids is 3. The van der Waals surface area contributed by atoms with E-state index in [0.29, 0.717) is 16.6 Å². The van der Waals surface area contributed by atoms with Gasteiger partial charge in [-0.25, -0.2) is 13.6 Å². The first-order valence-corrected chi connectivity index (χ1v) is 8.95. The molecule has 0 saturated carbocycles. The van der Waals surface area contributed by atoms with Gasteiger partial charge in [-0.05, 0) is 36.8 Å². The second-order valence-electron chi connectivity index (χ2n) is 5.81. The number of hydrogen-bond donors (Lipinski definition) is 2. The number of halogens is 2. The van der Waals surface area contributed by atoms with Crippen LogP contribution in [-0.2, 0) is 4.74 Å². The van der Waals surface area contributed by atoms with E-state index >= 15 is 0 Å². The summed E-state index contributed by atoms with van der Waals surface area (Å²) in [6.45, 7) is 1.63. The monoisotopic (exact) mass is 420 g/mol. The van der Waals surface area contributed by atoms with Crippen molar-refractivity contribution in [2.24, 2.45) is 0 Å². The highest BCUT2D eigenvalue weighted by molar-refractivity contribution is 7.18. The van der Waals surface area contributed by atoms with Crippen molar-refractivity contribution >= 4 is 39.8 Å². The standard InChI is InChI=1S/C19H14F2N2O5S/c1-9-6-15(23-17(24)14-4-3-5-28-14)29-16(9)18(25)22-13-7-10(19(26)27-2)11(20)8-12(13)21/h3-8H,1-2H3,(H,22,25)(H,23,24). The molecule has 0 unspecified atom stereocenters. The van der Waals surface area contributed by atoms with Gasteiger partial charge in [0.05, 0.1) is 34.5 Å². The molecule has 2 N–H and O–H groups in total. The van der Waals surface area contributed by atoms with Crippen LogP contribution in [0.5, 0.6) is 0 Å². The Morgan fingerprint density at radius 2 is 1.83 bits per heavy atom. The van der Waals surface area contributed by atoms with Gasteiger partial charge in [0.2, 0.25) is 0 Å². The van der Waals surface area contributed by atoms with Gasteiger partial charge < -0.3 is 19.8 Å². The first-order chi connectivity index (χ1) is 13.8. The number of amides is 2. The SMILES string of the molecule is COC(=O)c1cc(NC(=O)c2sc(NC(=O)c3ccco3)cc2C)c(F)cc1F. The number of rotatable bonds is 5. The molecule has 0 aliphatic heterocycles. The number of methoxy groups -OCH3 is 1. The zero-order valence-electron chi connectivity index (χ0n) is 15.2. The highest BCUT2D eigenvalue weighted by atomic mass is 32.1. The Labute approximate surface area is 167 Å². The third-order valence-corrected chi connectivity index (χ3v) is 4.97. The number of esters is 1. The summed E-state index contributed by atoms with van der Waals surface area (Å²) in [6.07, 6.45) is 1.35. The topological polar surface area (TPSA) is 97.6 Å². The molecule has 0 radical (unpaired) electrons. The molecule has 0 aliphatic rings. The summed E-state index contributed by atoms with van der Waals surface area (Å²) in [4.78, 5) is 36.3. The average Bonchev–Trinajstić information content (AvgIpc) is 3.33. The first-order valence-electron chi connectivity index (χ1n) is 8.14. The van der Waals surface area contributed by atoms with Crippen molar-refractivity contribution in [2.75, 3.05) is 17.7 Å². The molecule has 0 fully saturated rings. The molecule has 1 aromatic carbocycles. The Bertz CT molecular complexity index is 1090. The van der Waals surface area contributed by atoms with Crippen molar-refractivity contribution in [3.8, 4) is 0 Å². The van der Waals surface area contributed by atoms with Gasteiger partial charge in [-0.3, -0.25) is 9.59 Å². The third kappa shape index (κ3) is 4.32. The Morgan fingerprint density at radius 1 is 1.07 bits per heavy atom. The minimum absolute atomic E-state index is 0.103. The molecular formula is C19H14F2N2O5S. The van der Waals surface area contributed by atoms with Crippen LogP contribution < -0.4 is 10.6 Å². The van der Waals surface area contributed by atoms with Crippen molar-refractivity contribution in [1.29, 1.82) is 0 Å². The lowest BCUT2D eigenvalue weighted by Crippen LogP contribution is -2.14. The minimum Gasteiger partial charge on any atom is -0.465 e. The quantitative estimate of drug-likeness (QED) is 0.603. The summed E-state index contributed by atoms with van der Waals surface area (Å²) in [5.74, 6) is -4.24. The number of nitrogens with one attached hydrogen (secondary N) is 2. The van der Waals surface area contributed by atoms with E-state index in [-0.39, 0.29) is 16.3 Å². The molecule has 0 spiro atoms. The molecular weight excluding hydrogens is 406 g/mol. The number of carbonyl (C=O) groups is 3. The molecule has 10 heteroatoms. The summed E-state index contributed by atoms with van der Waals surface area (Å²) in [7, 11) is 1.05. The molecule has 150 valence electrons. The Hall–Kier alpha value is -3.53. The van der Waals surface area contributed by atoms with E-state index in [2.05, 4.69) is 15.4 Å². The molecule has 2 amide bonds. The third-order valence-electron chi connectivity index (χ3n) is 3.82. The van der Waals surface area contributed by atoms with Gasteiger partial charge in [0.1, 0.15) is 11.6 Å². The molecule has 0 atom stereocenters. The fraction of sp³-hybridized carbons (Fsp3) is 0.105. The molecule has 3 rings (SSSR count). The van der Waals surface area contributed by atoms with Gasteiger partial charge in [-0.15, -0.1) is 11.3 Å². The maximum atomic E-state index is 14.0. The summed E-state index contributed by atoms with van der Waals surface area (Å²) >= 11 is 0.963. The lowest BCUT2D eigenvalue weighted by molar-refractivity contribution is 0.0595. The maximum Gasteiger partial charge on any atom is 0.340 e. The zero-order chi connectivity index (χ0) is 21.1. The lowest BCUT2D eigenvalue weighted by atomic mass is 10.1. The van der Waals surface area contributed by atoms with Crippen LogP contribution in [0.2, 0.25) is 0 Å². The summed E-state index contributed by atoms with van der Waals surface area (Å²) in [5, 5.41) is 5.27. The van der Waals surface area contributed by atoms with Crippen molar-refractivity contribution in [3.05, 3.63) is 70.0 Å². The van der Waals surface area contributed by atoms with E-state index in [1.165, 1.54) is 12.3 Å². The zero-order valence-corrected chi connectivity index (χ0v) is 16.0. The molecule has 29 heavy (non-hydrogen) atoms.